The minimum atomic E-state index is -3.50. The predicted molar refractivity (Wildman–Crippen MR) is 130 cm³/mol. The van der Waals surface area contributed by atoms with E-state index in [1.54, 1.807) is 34.6 Å². The Labute approximate surface area is 195 Å². The van der Waals surface area contributed by atoms with Crippen molar-refractivity contribution in [1.82, 2.24) is 9.62 Å². The molecule has 2 aromatic rings. The highest BCUT2D eigenvalue weighted by atomic mass is 32.2. The van der Waals surface area contributed by atoms with Crippen LogP contribution in [0, 0.1) is 13.8 Å². The zero-order valence-electron chi connectivity index (χ0n) is 19.1. The highest BCUT2D eigenvalue weighted by molar-refractivity contribution is 7.89. The Hall–Kier alpha value is -2.97. The monoisotopic (exact) mass is 469 g/mol. The van der Waals surface area contributed by atoms with Crippen LogP contribution in [0.4, 0.5) is 5.69 Å². The van der Waals surface area contributed by atoms with Gasteiger partial charge in [-0.15, -0.1) is 0 Å². The number of sulfonamides is 1. The Kier molecular flexibility index (Phi) is 8.41. The summed E-state index contributed by atoms with van der Waals surface area (Å²) in [5.74, 6) is -0.721. The molecule has 3 rings (SSSR count). The lowest BCUT2D eigenvalue weighted by Gasteiger charge is -2.19. The molecule has 0 unspecified atom stereocenters. The lowest BCUT2D eigenvalue weighted by Crippen LogP contribution is -2.32. The van der Waals surface area contributed by atoms with E-state index in [-0.39, 0.29) is 17.3 Å². The first-order chi connectivity index (χ1) is 15.8. The number of carbonyl (C=O) groups is 2. The van der Waals surface area contributed by atoms with Gasteiger partial charge in [0.2, 0.25) is 21.8 Å². The lowest BCUT2D eigenvalue weighted by atomic mass is 10.1. The predicted octanol–water partition coefficient (Wildman–Crippen LogP) is 3.64. The van der Waals surface area contributed by atoms with E-state index in [1.165, 1.54) is 6.08 Å². The van der Waals surface area contributed by atoms with Crippen LogP contribution in [0.2, 0.25) is 0 Å². The average molecular weight is 470 g/mol. The first-order valence-electron chi connectivity index (χ1n) is 11.2. The third-order valence-electron chi connectivity index (χ3n) is 5.81. The SMILES string of the molecule is Cc1cccc(NC(=O)CNC(=O)C=Cc2ccc(S(=O)(=O)N3CCCCCC3)cc2)c1C. The summed E-state index contributed by atoms with van der Waals surface area (Å²) in [7, 11) is -3.50. The van der Waals surface area contributed by atoms with Gasteiger partial charge < -0.3 is 10.6 Å². The number of nitrogens with one attached hydrogen (secondary N) is 2. The van der Waals surface area contributed by atoms with Crippen molar-refractivity contribution in [2.24, 2.45) is 0 Å². The summed E-state index contributed by atoms with van der Waals surface area (Å²) < 4.78 is 27.2. The van der Waals surface area contributed by atoms with Crippen LogP contribution in [-0.4, -0.2) is 44.2 Å². The second-order valence-electron chi connectivity index (χ2n) is 8.23. The Balaban J connectivity index is 1.52. The van der Waals surface area contributed by atoms with Crippen LogP contribution in [-0.2, 0) is 19.6 Å². The van der Waals surface area contributed by atoms with Crippen molar-refractivity contribution >= 4 is 33.6 Å². The third kappa shape index (κ3) is 6.76. The first kappa shape index (κ1) is 24.7. The largest absolute Gasteiger partial charge is 0.343 e. The molecule has 1 saturated heterocycles. The molecule has 1 aliphatic rings. The van der Waals surface area contributed by atoms with Gasteiger partial charge in [-0.3, -0.25) is 9.59 Å². The van der Waals surface area contributed by atoms with Gasteiger partial charge in [-0.05, 0) is 67.7 Å². The molecule has 0 atom stereocenters. The summed E-state index contributed by atoms with van der Waals surface area (Å²) in [4.78, 5) is 24.5. The van der Waals surface area contributed by atoms with E-state index in [1.807, 2.05) is 32.0 Å². The Morgan fingerprint density at radius 1 is 0.970 bits per heavy atom. The van der Waals surface area contributed by atoms with Gasteiger partial charge in [-0.25, -0.2) is 8.42 Å². The van der Waals surface area contributed by atoms with Crippen molar-refractivity contribution < 1.29 is 18.0 Å². The van der Waals surface area contributed by atoms with Crippen molar-refractivity contribution in [2.75, 3.05) is 25.0 Å². The molecule has 33 heavy (non-hydrogen) atoms. The molecule has 0 aromatic heterocycles. The minimum Gasteiger partial charge on any atom is -0.343 e. The van der Waals surface area contributed by atoms with Gasteiger partial charge in [0.15, 0.2) is 0 Å². The molecule has 8 heteroatoms. The van der Waals surface area contributed by atoms with Gasteiger partial charge in [0.05, 0.1) is 11.4 Å². The number of aryl methyl sites for hydroxylation is 1. The van der Waals surface area contributed by atoms with Crippen molar-refractivity contribution in [1.29, 1.82) is 0 Å². The maximum atomic E-state index is 12.8. The number of rotatable bonds is 7. The molecule has 0 spiro atoms. The average Bonchev–Trinajstić information content (AvgIpc) is 3.10. The van der Waals surface area contributed by atoms with Gasteiger partial charge in [0, 0.05) is 24.9 Å². The van der Waals surface area contributed by atoms with Gasteiger partial charge in [0.25, 0.3) is 0 Å². The molecule has 0 bridgehead atoms. The highest BCUT2D eigenvalue weighted by Gasteiger charge is 2.24. The van der Waals surface area contributed by atoms with E-state index in [4.69, 9.17) is 0 Å². The van der Waals surface area contributed by atoms with E-state index < -0.39 is 15.9 Å². The molecule has 1 fully saturated rings. The smallest absolute Gasteiger partial charge is 0.244 e. The number of anilines is 1. The van der Waals surface area contributed by atoms with Gasteiger partial charge in [-0.1, -0.05) is 37.1 Å². The molecule has 2 amide bonds. The molecule has 0 radical (unpaired) electrons. The van der Waals surface area contributed by atoms with E-state index in [2.05, 4.69) is 10.6 Å². The highest BCUT2D eigenvalue weighted by Crippen LogP contribution is 2.21. The maximum Gasteiger partial charge on any atom is 0.244 e. The Morgan fingerprint density at radius 3 is 2.30 bits per heavy atom. The number of benzene rings is 2. The van der Waals surface area contributed by atoms with Gasteiger partial charge >= 0.3 is 0 Å². The fourth-order valence-electron chi connectivity index (χ4n) is 3.66. The standard InChI is InChI=1S/C25H31N3O4S/c1-19-8-7-9-23(20(19)2)27-25(30)18-26-24(29)15-12-21-10-13-22(14-11-21)33(31,32)28-16-5-3-4-6-17-28/h7-15H,3-6,16-18H2,1-2H3,(H,26,29)(H,27,30). The number of amides is 2. The van der Waals surface area contributed by atoms with Crippen molar-refractivity contribution in [3.8, 4) is 0 Å². The summed E-state index contributed by atoms with van der Waals surface area (Å²) in [6, 6.07) is 12.1. The number of hydrogen-bond acceptors (Lipinski definition) is 4. The molecule has 7 nitrogen and oxygen atoms in total. The van der Waals surface area contributed by atoms with E-state index in [9.17, 15) is 18.0 Å². The summed E-state index contributed by atoms with van der Waals surface area (Å²) in [6.45, 7) is 4.86. The summed E-state index contributed by atoms with van der Waals surface area (Å²) in [5, 5.41) is 5.34. The normalized spacial score (nSPS) is 15.2. The topological polar surface area (TPSA) is 95.6 Å². The summed E-state index contributed by atoms with van der Waals surface area (Å²) in [6.07, 6.45) is 6.80. The van der Waals surface area contributed by atoms with Crippen LogP contribution in [0.15, 0.2) is 53.4 Å². The number of hydrogen-bond donors (Lipinski definition) is 2. The zero-order chi connectivity index (χ0) is 23.8. The molecule has 176 valence electrons. The molecular formula is C25H31N3O4S. The van der Waals surface area contributed by atoms with Crippen molar-refractivity contribution in [3.05, 3.63) is 65.2 Å². The van der Waals surface area contributed by atoms with Crippen LogP contribution in [0.3, 0.4) is 0 Å². The quantitative estimate of drug-likeness (QED) is 0.605. The lowest BCUT2D eigenvalue weighted by molar-refractivity contribution is -0.121. The Morgan fingerprint density at radius 2 is 1.64 bits per heavy atom. The minimum absolute atomic E-state index is 0.149. The zero-order valence-corrected chi connectivity index (χ0v) is 20.0. The molecule has 1 aliphatic heterocycles. The summed E-state index contributed by atoms with van der Waals surface area (Å²) in [5.41, 5.74) is 3.48. The molecule has 2 aromatic carbocycles. The summed E-state index contributed by atoms with van der Waals surface area (Å²) >= 11 is 0. The van der Waals surface area contributed by atoms with Crippen LogP contribution in [0.5, 0.6) is 0 Å². The fraction of sp³-hybridized carbons (Fsp3) is 0.360. The second-order valence-corrected chi connectivity index (χ2v) is 10.2. The van der Waals surface area contributed by atoms with Crippen molar-refractivity contribution in [3.63, 3.8) is 0 Å². The van der Waals surface area contributed by atoms with Crippen LogP contribution >= 0.6 is 0 Å². The third-order valence-corrected chi connectivity index (χ3v) is 7.72. The van der Waals surface area contributed by atoms with Crippen LogP contribution in [0.25, 0.3) is 6.08 Å². The van der Waals surface area contributed by atoms with Crippen molar-refractivity contribution in [2.45, 2.75) is 44.4 Å². The number of nitrogens with zero attached hydrogens (tertiary/aromatic N) is 1. The maximum absolute atomic E-state index is 12.8. The van der Waals surface area contributed by atoms with Gasteiger partial charge in [0.1, 0.15) is 0 Å². The first-order valence-corrected chi connectivity index (χ1v) is 12.6. The molecule has 0 saturated carbocycles. The second kappa shape index (κ2) is 11.2. The van der Waals surface area contributed by atoms with Crippen LogP contribution < -0.4 is 10.6 Å². The molecular weight excluding hydrogens is 438 g/mol. The van der Waals surface area contributed by atoms with Gasteiger partial charge in [-0.2, -0.15) is 4.31 Å². The van der Waals surface area contributed by atoms with E-state index in [0.717, 1.165) is 42.5 Å². The molecule has 2 N–H and O–H groups in total. The molecule has 0 aliphatic carbocycles. The van der Waals surface area contributed by atoms with E-state index >= 15 is 0 Å². The van der Waals surface area contributed by atoms with Crippen LogP contribution in [0.1, 0.15) is 42.4 Å². The number of carbonyl (C=O) groups excluding carboxylic acids is 2. The van der Waals surface area contributed by atoms with E-state index in [0.29, 0.717) is 18.7 Å². The molecule has 1 heterocycles. The fourth-order valence-corrected chi connectivity index (χ4v) is 5.18. The Bertz CT molecular complexity index is 1120.